The van der Waals surface area contributed by atoms with Gasteiger partial charge in [0.15, 0.2) is 5.96 Å². The Labute approximate surface area is 152 Å². The van der Waals surface area contributed by atoms with Crippen LogP contribution in [0.1, 0.15) is 49.5 Å². The average molecular weight is 345 g/mol. The van der Waals surface area contributed by atoms with Gasteiger partial charge in [0.05, 0.1) is 0 Å². The molecule has 2 rings (SSSR count). The van der Waals surface area contributed by atoms with Gasteiger partial charge in [-0.05, 0) is 50.3 Å². The predicted octanol–water partition coefficient (Wildman–Crippen LogP) is 2.98. The Kier molecular flexibility index (Phi) is 7.29. The zero-order valence-electron chi connectivity index (χ0n) is 16.1. The molecule has 5 heteroatoms. The molecule has 0 aromatic heterocycles. The first-order valence-corrected chi connectivity index (χ1v) is 9.42. The van der Waals surface area contributed by atoms with Crippen molar-refractivity contribution in [3.8, 4) is 0 Å². The Balaban J connectivity index is 1.93. The number of nitrogens with zero attached hydrogens (tertiary/aromatic N) is 3. The second kappa shape index (κ2) is 9.44. The number of rotatable bonds is 5. The molecule has 0 bridgehead atoms. The Bertz CT molecular complexity index is 578. The third-order valence-corrected chi connectivity index (χ3v) is 4.87. The van der Waals surface area contributed by atoms with Gasteiger partial charge >= 0.3 is 0 Å². The summed E-state index contributed by atoms with van der Waals surface area (Å²) in [6.45, 7) is 10.6. The minimum atomic E-state index is 0.0997. The van der Waals surface area contributed by atoms with Crippen molar-refractivity contribution in [1.82, 2.24) is 15.1 Å². The first-order valence-electron chi connectivity index (χ1n) is 9.42. The summed E-state index contributed by atoms with van der Waals surface area (Å²) in [5, 5.41) is 3.45. The van der Waals surface area contributed by atoms with Crippen molar-refractivity contribution in [3.63, 3.8) is 0 Å². The zero-order valence-corrected chi connectivity index (χ0v) is 16.1. The van der Waals surface area contributed by atoms with Gasteiger partial charge in [0.25, 0.3) is 5.91 Å². The second-order valence-corrected chi connectivity index (χ2v) is 6.77. The van der Waals surface area contributed by atoms with Crippen LogP contribution in [0.25, 0.3) is 0 Å². The van der Waals surface area contributed by atoms with Crippen LogP contribution in [0.15, 0.2) is 29.3 Å². The van der Waals surface area contributed by atoms with Crippen molar-refractivity contribution < 1.29 is 4.79 Å². The predicted molar refractivity (Wildman–Crippen MR) is 104 cm³/mol. The van der Waals surface area contributed by atoms with Crippen LogP contribution >= 0.6 is 0 Å². The third kappa shape index (κ3) is 5.21. The first-order chi connectivity index (χ1) is 12.1. The molecule has 1 fully saturated rings. The van der Waals surface area contributed by atoms with Crippen molar-refractivity contribution in [2.75, 3.05) is 33.2 Å². The fourth-order valence-electron chi connectivity index (χ4n) is 3.35. The lowest BCUT2D eigenvalue weighted by Crippen LogP contribution is -2.45. The maximum Gasteiger partial charge on any atom is 0.253 e. The maximum atomic E-state index is 12.4. The van der Waals surface area contributed by atoms with Gasteiger partial charge < -0.3 is 15.1 Å². The van der Waals surface area contributed by atoms with Crippen LogP contribution < -0.4 is 5.32 Å². The molecule has 1 N–H and O–H groups in total. The van der Waals surface area contributed by atoms with E-state index in [1.165, 1.54) is 12.8 Å². The van der Waals surface area contributed by atoms with E-state index in [4.69, 9.17) is 0 Å². The number of carbonyl (C=O) groups is 1. The summed E-state index contributed by atoms with van der Waals surface area (Å²) in [5.41, 5.74) is 1.91. The van der Waals surface area contributed by atoms with E-state index in [1.807, 2.05) is 50.1 Å². The number of likely N-dealkylation sites (tertiary alicyclic amines) is 1. The number of piperidine rings is 1. The van der Waals surface area contributed by atoms with Crippen LogP contribution in [0.2, 0.25) is 0 Å². The highest BCUT2D eigenvalue weighted by atomic mass is 16.2. The molecule has 1 aromatic carbocycles. The van der Waals surface area contributed by atoms with Crippen molar-refractivity contribution >= 4 is 11.9 Å². The zero-order chi connectivity index (χ0) is 18.2. The molecule has 1 aliphatic rings. The number of aliphatic imine (C=N–C) groups is 1. The van der Waals surface area contributed by atoms with Gasteiger partial charge in [-0.15, -0.1) is 0 Å². The molecular formula is C20H32N4O. The lowest BCUT2D eigenvalue weighted by molar-refractivity contribution is 0.0773. The van der Waals surface area contributed by atoms with Crippen LogP contribution in [0.3, 0.4) is 0 Å². The van der Waals surface area contributed by atoms with E-state index < -0.39 is 0 Å². The Morgan fingerprint density at radius 3 is 2.52 bits per heavy atom. The van der Waals surface area contributed by atoms with E-state index in [-0.39, 0.29) is 5.91 Å². The molecule has 25 heavy (non-hydrogen) atoms. The molecule has 0 saturated carbocycles. The summed E-state index contributed by atoms with van der Waals surface area (Å²) in [6, 6.07) is 7.89. The Morgan fingerprint density at radius 2 is 1.96 bits per heavy atom. The lowest BCUT2D eigenvalue weighted by Gasteiger charge is -2.33. The van der Waals surface area contributed by atoms with E-state index in [2.05, 4.69) is 22.1 Å². The average Bonchev–Trinajstić information content (AvgIpc) is 2.64. The number of benzene rings is 1. The van der Waals surface area contributed by atoms with Crippen molar-refractivity contribution in [2.24, 2.45) is 10.9 Å². The summed E-state index contributed by atoms with van der Waals surface area (Å²) in [5.74, 6) is 1.79. The molecular weight excluding hydrogens is 312 g/mol. The van der Waals surface area contributed by atoms with E-state index in [1.54, 1.807) is 0 Å². The monoisotopic (exact) mass is 344 g/mol. The number of nitrogens with one attached hydrogen (secondary N) is 1. The number of hydrogen-bond acceptors (Lipinski definition) is 2. The highest BCUT2D eigenvalue weighted by molar-refractivity contribution is 5.94. The molecule has 0 aliphatic carbocycles. The summed E-state index contributed by atoms with van der Waals surface area (Å²) in [6.07, 6.45) is 2.53. The lowest BCUT2D eigenvalue weighted by atomic mass is 10.0. The van der Waals surface area contributed by atoms with Gasteiger partial charge in [0.2, 0.25) is 0 Å². The van der Waals surface area contributed by atoms with Crippen LogP contribution in [0.5, 0.6) is 0 Å². The minimum absolute atomic E-state index is 0.0997. The van der Waals surface area contributed by atoms with E-state index in [0.29, 0.717) is 0 Å². The molecule has 5 nitrogen and oxygen atoms in total. The molecule has 1 saturated heterocycles. The van der Waals surface area contributed by atoms with Gasteiger partial charge in [-0.2, -0.15) is 0 Å². The molecule has 1 aromatic rings. The summed E-state index contributed by atoms with van der Waals surface area (Å²) < 4.78 is 0. The van der Waals surface area contributed by atoms with Crippen molar-refractivity contribution in [1.29, 1.82) is 0 Å². The highest BCUT2D eigenvalue weighted by Crippen LogP contribution is 2.15. The standard InChI is InChI=1S/C20H32N4O/c1-5-23(6-2)19(25)18-11-9-17(10-12-18)14-22-20(21-4)24-13-7-8-16(3)15-24/h9-12,16H,5-8,13-15H2,1-4H3,(H,21,22). The summed E-state index contributed by atoms with van der Waals surface area (Å²) in [4.78, 5) is 21.0. The maximum absolute atomic E-state index is 12.4. The van der Waals surface area contributed by atoms with Crippen LogP contribution in [0.4, 0.5) is 0 Å². The quantitative estimate of drug-likeness (QED) is 0.660. The number of amides is 1. The van der Waals surface area contributed by atoms with Gasteiger partial charge in [-0.25, -0.2) is 0 Å². The highest BCUT2D eigenvalue weighted by Gasteiger charge is 2.19. The molecule has 1 unspecified atom stereocenters. The Morgan fingerprint density at radius 1 is 1.28 bits per heavy atom. The SMILES string of the molecule is CCN(CC)C(=O)c1ccc(CNC(=NC)N2CCCC(C)C2)cc1. The fraction of sp³-hybridized carbons (Fsp3) is 0.600. The molecule has 1 amide bonds. The number of hydrogen-bond donors (Lipinski definition) is 1. The third-order valence-electron chi connectivity index (χ3n) is 4.87. The summed E-state index contributed by atoms with van der Waals surface area (Å²) in [7, 11) is 1.84. The number of guanidine groups is 1. The summed E-state index contributed by atoms with van der Waals surface area (Å²) >= 11 is 0. The molecule has 0 radical (unpaired) electrons. The van der Waals surface area contributed by atoms with Crippen LogP contribution in [-0.4, -0.2) is 54.9 Å². The van der Waals surface area contributed by atoms with E-state index >= 15 is 0 Å². The Hall–Kier alpha value is -2.04. The topological polar surface area (TPSA) is 47.9 Å². The molecule has 0 spiro atoms. The second-order valence-electron chi connectivity index (χ2n) is 6.77. The molecule has 1 atom stereocenters. The van der Waals surface area contributed by atoms with Crippen LogP contribution in [-0.2, 0) is 6.54 Å². The van der Waals surface area contributed by atoms with Crippen LogP contribution in [0, 0.1) is 5.92 Å². The van der Waals surface area contributed by atoms with Gasteiger partial charge in [0, 0.05) is 45.3 Å². The van der Waals surface area contributed by atoms with Crippen molar-refractivity contribution in [2.45, 2.75) is 40.2 Å². The van der Waals surface area contributed by atoms with E-state index in [9.17, 15) is 4.79 Å². The van der Waals surface area contributed by atoms with Gasteiger partial charge in [-0.3, -0.25) is 9.79 Å². The molecule has 138 valence electrons. The smallest absolute Gasteiger partial charge is 0.253 e. The van der Waals surface area contributed by atoms with E-state index in [0.717, 1.165) is 55.7 Å². The van der Waals surface area contributed by atoms with Crippen molar-refractivity contribution in [3.05, 3.63) is 35.4 Å². The molecule has 1 aliphatic heterocycles. The fourth-order valence-corrected chi connectivity index (χ4v) is 3.35. The van der Waals surface area contributed by atoms with Gasteiger partial charge in [0.1, 0.15) is 0 Å². The normalized spacial score (nSPS) is 18.2. The molecule has 1 heterocycles. The largest absolute Gasteiger partial charge is 0.352 e. The van der Waals surface area contributed by atoms with Gasteiger partial charge in [-0.1, -0.05) is 19.1 Å². The first kappa shape index (κ1) is 19.3. The minimum Gasteiger partial charge on any atom is -0.352 e. The number of carbonyl (C=O) groups excluding carboxylic acids is 1.